The maximum atomic E-state index is 10.5. The highest BCUT2D eigenvalue weighted by Gasteiger charge is 1.93. The van der Waals surface area contributed by atoms with Gasteiger partial charge in [0.1, 0.15) is 6.61 Å². The van der Waals surface area contributed by atoms with Gasteiger partial charge in [-0.1, -0.05) is 20.8 Å². The van der Waals surface area contributed by atoms with Gasteiger partial charge in [-0.25, -0.2) is 0 Å². The third-order valence-electron chi connectivity index (χ3n) is 1.82. The second kappa shape index (κ2) is 18.9. The molecule has 0 amide bonds. The highest BCUT2D eigenvalue weighted by Crippen LogP contribution is 1.76. The molecule has 0 aliphatic heterocycles. The van der Waals surface area contributed by atoms with E-state index in [9.17, 15) is 4.79 Å². The quantitative estimate of drug-likeness (QED) is 0.522. The Balaban J connectivity index is -0.000000304. The molecule has 0 heterocycles. The SMILES string of the molecule is CC.CCNCCOCCNCCOCC(C)=O.[HH].[HH]. The van der Waals surface area contributed by atoms with Crippen molar-refractivity contribution in [2.24, 2.45) is 0 Å². The molecule has 5 nitrogen and oxygen atoms in total. The van der Waals surface area contributed by atoms with Crippen molar-refractivity contribution in [1.82, 2.24) is 10.6 Å². The highest BCUT2D eigenvalue weighted by molar-refractivity contribution is 5.76. The lowest BCUT2D eigenvalue weighted by molar-refractivity contribution is -0.121. The van der Waals surface area contributed by atoms with Crippen molar-refractivity contribution in [1.29, 1.82) is 0 Å². The van der Waals surface area contributed by atoms with Gasteiger partial charge in [0.25, 0.3) is 0 Å². The summed E-state index contributed by atoms with van der Waals surface area (Å²) in [6, 6.07) is 0. The van der Waals surface area contributed by atoms with Gasteiger partial charge >= 0.3 is 0 Å². The molecule has 0 bridgehead atoms. The summed E-state index contributed by atoms with van der Waals surface area (Å²) < 4.78 is 10.5. The minimum absolute atomic E-state index is 0. The summed E-state index contributed by atoms with van der Waals surface area (Å²) in [4.78, 5) is 10.5. The van der Waals surface area contributed by atoms with E-state index in [0.29, 0.717) is 13.2 Å². The third-order valence-corrected chi connectivity index (χ3v) is 1.82. The molecule has 18 heavy (non-hydrogen) atoms. The number of carbonyl (C=O) groups excluding carboxylic acids is 1. The highest BCUT2D eigenvalue weighted by atomic mass is 16.5. The Morgan fingerprint density at radius 2 is 1.50 bits per heavy atom. The molecule has 0 aliphatic carbocycles. The van der Waals surface area contributed by atoms with Crippen molar-refractivity contribution in [3.63, 3.8) is 0 Å². The second-order valence-electron chi connectivity index (χ2n) is 3.47. The van der Waals surface area contributed by atoms with E-state index >= 15 is 0 Å². The van der Waals surface area contributed by atoms with Gasteiger partial charge in [0.15, 0.2) is 5.78 Å². The zero-order chi connectivity index (χ0) is 14.1. The fourth-order valence-corrected chi connectivity index (χ4v) is 1.05. The number of nitrogens with one attached hydrogen (secondary N) is 2. The molecule has 0 aromatic heterocycles. The van der Waals surface area contributed by atoms with Crippen LogP contribution in [0.15, 0.2) is 0 Å². The lowest BCUT2D eigenvalue weighted by Crippen LogP contribution is -2.26. The zero-order valence-electron chi connectivity index (χ0n) is 12.4. The van der Waals surface area contributed by atoms with Gasteiger partial charge in [-0.2, -0.15) is 0 Å². The largest absolute Gasteiger partial charge is 0.379 e. The summed E-state index contributed by atoms with van der Waals surface area (Å²) in [6.07, 6.45) is 0. The number of carbonyl (C=O) groups is 1. The van der Waals surface area contributed by atoms with Gasteiger partial charge in [0.2, 0.25) is 0 Å². The molecule has 0 spiro atoms. The standard InChI is InChI=1S/C11H24N2O3.C2H6.2H2/c1-3-12-4-7-15-8-5-13-6-9-16-10-11(2)14;1-2;;/h12-13H,3-10H2,1-2H3;1-2H3;2*1H. The molecule has 0 aromatic rings. The summed E-state index contributed by atoms with van der Waals surface area (Å²) >= 11 is 0. The first-order chi connectivity index (χ1) is 8.77. The Hall–Kier alpha value is -0.490. The van der Waals surface area contributed by atoms with E-state index in [-0.39, 0.29) is 15.2 Å². The molecule has 0 radical (unpaired) electrons. The number of ether oxygens (including phenoxy) is 2. The van der Waals surface area contributed by atoms with E-state index < -0.39 is 0 Å². The van der Waals surface area contributed by atoms with Crippen molar-refractivity contribution in [2.75, 3.05) is 52.6 Å². The molecular formula is C13H34N2O3. The van der Waals surface area contributed by atoms with Crippen LogP contribution in [0.2, 0.25) is 0 Å². The molecule has 0 aliphatic rings. The first-order valence-electron chi connectivity index (χ1n) is 6.83. The minimum atomic E-state index is 0. The maximum Gasteiger partial charge on any atom is 0.155 e. The summed E-state index contributed by atoms with van der Waals surface area (Å²) in [5, 5.41) is 6.35. The van der Waals surface area contributed by atoms with Crippen LogP contribution in [0.4, 0.5) is 0 Å². The van der Waals surface area contributed by atoms with E-state index in [1.807, 2.05) is 13.8 Å². The van der Waals surface area contributed by atoms with Gasteiger partial charge in [-0.3, -0.25) is 4.79 Å². The average Bonchev–Trinajstić information content (AvgIpc) is 2.38. The van der Waals surface area contributed by atoms with Gasteiger partial charge < -0.3 is 20.1 Å². The predicted octanol–water partition coefficient (Wildman–Crippen LogP) is 1.33. The van der Waals surface area contributed by atoms with Crippen LogP contribution in [0.25, 0.3) is 0 Å². The number of likely N-dealkylation sites (N-methyl/N-ethyl adjacent to an activating group) is 1. The Bertz CT molecular complexity index is 176. The van der Waals surface area contributed by atoms with Crippen molar-refractivity contribution in [2.45, 2.75) is 27.7 Å². The Morgan fingerprint density at radius 1 is 1.00 bits per heavy atom. The molecule has 0 fully saturated rings. The molecule has 2 N–H and O–H groups in total. The van der Waals surface area contributed by atoms with Crippen molar-refractivity contribution in [3.05, 3.63) is 0 Å². The lowest BCUT2D eigenvalue weighted by atomic mass is 10.5. The van der Waals surface area contributed by atoms with Crippen LogP contribution < -0.4 is 10.6 Å². The van der Waals surface area contributed by atoms with Gasteiger partial charge in [0, 0.05) is 22.5 Å². The summed E-state index contributed by atoms with van der Waals surface area (Å²) in [6.45, 7) is 13.3. The molecule has 0 atom stereocenters. The van der Waals surface area contributed by atoms with Crippen molar-refractivity contribution >= 4 is 5.78 Å². The van der Waals surface area contributed by atoms with Crippen molar-refractivity contribution in [3.8, 4) is 0 Å². The first kappa shape index (κ1) is 19.8. The number of rotatable bonds is 12. The fourth-order valence-electron chi connectivity index (χ4n) is 1.05. The molecule has 5 heteroatoms. The van der Waals surface area contributed by atoms with Crippen LogP contribution >= 0.6 is 0 Å². The first-order valence-corrected chi connectivity index (χ1v) is 6.83. The third kappa shape index (κ3) is 20.9. The smallest absolute Gasteiger partial charge is 0.155 e. The topological polar surface area (TPSA) is 59.6 Å². The number of ketones is 1. The fraction of sp³-hybridized carbons (Fsp3) is 0.923. The number of hydrogen-bond donors (Lipinski definition) is 2. The van der Waals surface area contributed by atoms with Gasteiger partial charge in [-0.15, -0.1) is 0 Å². The summed E-state index contributed by atoms with van der Waals surface area (Å²) in [5.74, 6) is 0.0618. The van der Waals surface area contributed by atoms with E-state index in [2.05, 4.69) is 17.6 Å². The maximum absolute atomic E-state index is 10.5. The Kier molecular flexibility index (Phi) is 20.8. The molecule has 0 rings (SSSR count). The lowest BCUT2D eigenvalue weighted by Gasteiger charge is -2.06. The average molecular weight is 266 g/mol. The zero-order valence-corrected chi connectivity index (χ0v) is 12.4. The van der Waals surface area contributed by atoms with E-state index in [4.69, 9.17) is 9.47 Å². The van der Waals surface area contributed by atoms with Crippen LogP contribution in [0.3, 0.4) is 0 Å². The molecule has 0 saturated carbocycles. The molecule has 0 unspecified atom stereocenters. The summed E-state index contributed by atoms with van der Waals surface area (Å²) in [7, 11) is 0. The molecular weight excluding hydrogens is 232 g/mol. The number of Topliss-reactive ketones (excluding diaryl/α,β-unsaturated/α-hetero) is 1. The van der Waals surface area contributed by atoms with Crippen LogP contribution in [-0.4, -0.2) is 58.4 Å². The van der Waals surface area contributed by atoms with E-state index in [1.165, 1.54) is 6.92 Å². The normalized spacial score (nSPS) is 9.78. The van der Waals surface area contributed by atoms with Gasteiger partial charge in [0.05, 0.1) is 19.8 Å². The Labute approximate surface area is 115 Å². The van der Waals surface area contributed by atoms with E-state index in [0.717, 1.165) is 32.8 Å². The summed E-state index contributed by atoms with van der Waals surface area (Å²) in [5.41, 5.74) is 0. The van der Waals surface area contributed by atoms with Gasteiger partial charge in [-0.05, 0) is 13.5 Å². The second-order valence-corrected chi connectivity index (χ2v) is 3.47. The van der Waals surface area contributed by atoms with Crippen LogP contribution in [0, 0.1) is 0 Å². The van der Waals surface area contributed by atoms with Crippen LogP contribution in [-0.2, 0) is 14.3 Å². The molecule has 114 valence electrons. The molecule has 0 aromatic carbocycles. The monoisotopic (exact) mass is 266 g/mol. The predicted molar refractivity (Wildman–Crippen MR) is 79.3 cm³/mol. The minimum Gasteiger partial charge on any atom is -0.379 e. The van der Waals surface area contributed by atoms with Crippen molar-refractivity contribution < 1.29 is 17.1 Å². The number of hydrogen-bond acceptors (Lipinski definition) is 5. The van der Waals surface area contributed by atoms with Crippen LogP contribution in [0.5, 0.6) is 0 Å². The van der Waals surface area contributed by atoms with Crippen LogP contribution in [0.1, 0.15) is 30.5 Å². The molecule has 0 saturated heterocycles. The Morgan fingerprint density at radius 3 is 2.00 bits per heavy atom. The van der Waals surface area contributed by atoms with E-state index in [1.54, 1.807) is 0 Å².